The van der Waals surface area contributed by atoms with Gasteiger partial charge < -0.3 is 10.1 Å². The van der Waals surface area contributed by atoms with Gasteiger partial charge in [-0.25, -0.2) is 13.1 Å². The van der Waals surface area contributed by atoms with Crippen LogP contribution >= 0.6 is 11.3 Å². The van der Waals surface area contributed by atoms with Crippen LogP contribution < -0.4 is 14.8 Å². The van der Waals surface area contributed by atoms with E-state index in [1.54, 1.807) is 11.3 Å². The average molecular weight is 354 g/mol. The Hall–Kier alpha value is -1.90. The minimum Gasteiger partial charge on any atom is -0.495 e. The molecular formula is C15H18N2O4S2. The highest BCUT2D eigenvalue weighted by atomic mass is 32.2. The van der Waals surface area contributed by atoms with Crippen molar-refractivity contribution in [3.63, 3.8) is 0 Å². The van der Waals surface area contributed by atoms with E-state index in [1.807, 2.05) is 17.5 Å². The molecule has 124 valence electrons. The molecule has 0 radical (unpaired) electrons. The zero-order chi connectivity index (χ0) is 16.9. The van der Waals surface area contributed by atoms with Crippen LogP contribution in [0.2, 0.25) is 0 Å². The first-order valence-electron chi connectivity index (χ1n) is 6.90. The molecule has 0 bridgehead atoms. The van der Waals surface area contributed by atoms with Crippen molar-refractivity contribution in [2.75, 3.05) is 20.7 Å². The van der Waals surface area contributed by atoms with Gasteiger partial charge in [-0.15, -0.1) is 11.3 Å². The van der Waals surface area contributed by atoms with E-state index in [2.05, 4.69) is 10.0 Å². The normalized spacial score (nSPS) is 11.2. The number of carbonyl (C=O) groups excluding carboxylic acids is 1. The summed E-state index contributed by atoms with van der Waals surface area (Å²) in [5.41, 5.74) is 0.269. The molecular weight excluding hydrogens is 336 g/mol. The van der Waals surface area contributed by atoms with Gasteiger partial charge in [-0.05, 0) is 43.1 Å². The Kier molecular flexibility index (Phi) is 5.75. The zero-order valence-corrected chi connectivity index (χ0v) is 14.5. The average Bonchev–Trinajstić information content (AvgIpc) is 3.07. The lowest BCUT2D eigenvalue weighted by molar-refractivity contribution is 0.0954. The highest BCUT2D eigenvalue weighted by Gasteiger charge is 2.20. The third-order valence-corrected chi connectivity index (χ3v) is 5.59. The lowest BCUT2D eigenvalue weighted by Crippen LogP contribution is -2.26. The summed E-state index contributed by atoms with van der Waals surface area (Å²) in [6.07, 6.45) is 0.737. The van der Waals surface area contributed by atoms with Gasteiger partial charge in [0.1, 0.15) is 10.6 Å². The molecule has 8 heteroatoms. The van der Waals surface area contributed by atoms with E-state index in [0.717, 1.165) is 6.42 Å². The van der Waals surface area contributed by atoms with Gasteiger partial charge in [0.2, 0.25) is 10.0 Å². The molecule has 1 aromatic heterocycles. The Bertz CT molecular complexity index is 771. The maximum atomic E-state index is 12.2. The number of amides is 1. The van der Waals surface area contributed by atoms with Gasteiger partial charge in [0.25, 0.3) is 5.91 Å². The lowest BCUT2D eigenvalue weighted by Gasteiger charge is -2.11. The van der Waals surface area contributed by atoms with Crippen LogP contribution in [0.4, 0.5) is 0 Å². The van der Waals surface area contributed by atoms with Crippen LogP contribution in [0.3, 0.4) is 0 Å². The lowest BCUT2D eigenvalue weighted by atomic mass is 10.2. The molecule has 0 saturated carbocycles. The summed E-state index contributed by atoms with van der Waals surface area (Å²) >= 11 is 1.63. The smallest absolute Gasteiger partial charge is 0.251 e. The van der Waals surface area contributed by atoms with E-state index in [-0.39, 0.29) is 22.1 Å². The van der Waals surface area contributed by atoms with Crippen LogP contribution in [0.1, 0.15) is 15.2 Å². The summed E-state index contributed by atoms with van der Waals surface area (Å²) in [6, 6.07) is 8.28. The van der Waals surface area contributed by atoms with Crippen molar-refractivity contribution in [2.45, 2.75) is 11.3 Å². The van der Waals surface area contributed by atoms with E-state index in [1.165, 1.54) is 37.2 Å². The van der Waals surface area contributed by atoms with Crippen molar-refractivity contribution in [3.05, 3.63) is 46.2 Å². The molecule has 23 heavy (non-hydrogen) atoms. The van der Waals surface area contributed by atoms with Crippen molar-refractivity contribution in [3.8, 4) is 5.75 Å². The van der Waals surface area contributed by atoms with Gasteiger partial charge >= 0.3 is 0 Å². The molecule has 1 aromatic carbocycles. The van der Waals surface area contributed by atoms with E-state index in [0.29, 0.717) is 6.54 Å². The summed E-state index contributed by atoms with van der Waals surface area (Å²) in [5.74, 6) is -0.133. The predicted octanol–water partition coefficient (Wildman–Crippen LogP) is 1.64. The molecule has 0 spiro atoms. The molecule has 0 aliphatic rings. The van der Waals surface area contributed by atoms with Gasteiger partial charge in [0, 0.05) is 17.0 Å². The molecule has 2 N–H and O–H groups in total. The third kappa shape index (κ3) is 4.31. The maximum absolute atomic E-state index is 12.2. The maximum Gasteiger partial charge on any atom is 0.251 e. The van der Waals surface area contributed by atoms with Crippen molar-refractivity contribution < 1.29 is 17.9 Å². The highest BCUT2D eigenvalue weighted by molar-refractivity contribution is 7.89. The van der Waals surface area contributed by atoms with Gasteiger partial charge in [-0.1, -0.05) is 6.07 Å². The second-order valence-corrected chi connectivity index (χ2v) is 7.55. The van der Waals surface area contributed by atoms with Crippen molar-refractivity contribution in [1.29, 1.82) is 0 Å². The molecule has 0 aliphatic heterocycles. The summed E-state index contributed by atoms with van der Waals surface area (Å²) < 4.78 is 31.3. The van der Waals surface area contributed by atoms with Crippen molar-refractivity contribution in [2.24, 2.45) is 0 Å². The molecule has 0 saturated heterocycles. The minimum absolute atomic E-state index is 0.0617. The number of methoxy groups -OCH3 is 1. The predicted molar refractivity (Wildman–Crippen MR) is 89.6 cm³/mol. The Balaban J connectivity index is 2.12. The number of sulfonamides is 1. The van der Waals surface area contributed by atoms with Gasteiger partial charge in [-0.2, -0.15) is 0 Å². The topological polar surface area (TPSA) is 84.5 Å². The summed E-state index contributed by atoms with van der Waals surface area (Å²) in [4.78, 5) is 13.3. The van der Waals surface area contributed by atoms with Crippen LogP contribution in [0.25, 0.3) is 0 Å². The largest absolute Gasteiger partial charge is 0.495 e. The van der Waals surface area contributed by atoms with Crippen LogP contribution in [0.15, 0.2) is 40.6 Å². The second-order valence-electron chi connectivity index (χ2n) is 4.66. The number of nitrogens with one attached hydrogen (secondary N) is 2. The van der Waals surface area contributed by atoms with Crippen LogP contribution in [-0.2, 0) is 16.4 Å². The molecule has 6 nitrogen and oxygen atoms in total. The fourth-order valence-corrected chi connectivity index (χ4v) is 3.62. The second kappa shape index (κ2) is 7.58. The van der Waals surface area contributed by atoms with E-state index in [4.69, 9.17) is 4.74 Å². The molecule has 0 aliphatic carbocycles. The van der Waals surface area contributed by atoms with Crippen molar-refractivity contribution >= 4 is 27.3 Å². The fourth-order valence-electron chi connectivity index (χ4n) is 1.99. The summed E-state index contributed by atoms with van der Waals surface area (Å²) in [5, 5.41) is 4.76. The SMILES string of the molecule is CNS(=O)(=O)c1cc(C(=O)NCCc2cccs2)ccc1OC. The molecule has 0 unspecified atom stereocenters. The molecule has 0 fully saturated rings. The highest BCUT2D eigenvalue weighted by Crippen LogP contribution is 2.24. The summed E-state index contributed by atoms with van der Waals surface area (Å²) in [6.45, 7) is 0.486. The monoisotopic (exact) mass is 354 g/mol. The molecule has 2 aromatic rings. The van der Waals surface area contributed by atoms with E-state index in [9.17, 15) is 13.2 Å². The molecule has 1 amide bonds. The minimum atomic E-state index is -3.71. The first kappa shape index (κ1) is 17.5. The Labute approximate surface area is 139 Å². The zero-order valence-electron chi connectivity index (χ0n) is 12.8. The van der Waals surface area contributed by atoms with Gasteiger partial charge in [0.05, 0.1) is 7.11 Å². The number of rotatable bonds is 7. The molecule has 2 rings (SSSR count). The van der Waals surface area contributed by atoms with Crippen molar-refractivity contribution in [1.82, 2.24) is 10.0 Å². The number of hydrogen-bond donors (Lipinski definition) is 2. The molecule has 1 heterocycles. The quantitative estimate of drug-likeness (QED) is 0.792. The first-order chi connectivity index (χ1) is 11.0. The number of hydrogen-bond acceptors (Lipinski definition) is 5. The van der Waals surface area contributed by atoms with Crippen LogP contribution in [-0.4, -0.2) is 35.0 Å². The number of thiophene rings is 1. The fraction of sp³-hybridized carbons (Fsp3) is 0.267. The molecule has 0 atom stereocenters. The van der Waals surface area contributed by atoms with Gasteiger partial charge in [-0.3, -0.25) is 4.79 Å². The standard InChI is InChI=1S/C15H18N2O4S2/c1-16-23(19,20)14-10-11(5-6-13(14)21-2)15(18)17-8-7-12-4-3-9-22-12/h3-6,9-10,16H,7-8H2,1-2H3,(H,17,18). The number of ether oxygens (including phenoxy) is 1. The van der Waals surface area contributed by atoms with E-state index >= 15 is 0 Å². The summed E-state index contributed by atoms with van der Waals surface area (Å²) in [7, 11) is -1.02. The van der Waals surface area contributed by atoms with Gasteiger partial charge in [0.15, 0.2) is 0 Å². The Morgan fingerprint density at radius 1 is 1.30 bits per heavy atom. The van der Waals surface area contributed by atoms with Crippen LogP contribution in [0.5, 0.6) is 5.75 Å². The first-order valence-corrected chi connectivity index (χ1v) is 9.26. The Morgan fingerprint density at radius 3 is 2.70 bits per heavy atom. The number of benzene rings is 1. The number of carbonyl (C=O) groups is 1. The van der Waals surface area contributed by atoms with E-state index < -0.39 is 10.0 Å². The van der Waals surface area contributed by atoms with Crippen LogP contribution in [0, 0.1) is 0 Å². The third-order valence-electron chi connectivity index (χ3n) is 3.22. The Morgan fingerprint density at radius 2 is 2.09 bits per heavy atom.